The van der Waals surface area contributed by atoms with E-state index in [4.69, 9.17) is 5.11 Å². The van der Waals surface area contributed by atoms with Crippen LogP contribution in [-0.4, -0.2) is 39.5 Å². The van der Waals surface area contributed by atoms with Crippen molar-refractivity contribution in [3.8, 4) is 0 Å². The highest BCUT2D eigenvalue weighted by atomic mass is 19.1. The predicted molar refractivity (Wildman–Crippen MR) is 84.9 cm³/mol. The molecule has 122 valence electrons. The van der Waals surface area contributed by atoms with E-state index in [1.807, 2.05) is 6.92 Å². The fraction of sp³-hybridized carbons (Fsp3) is 0.353. The van der Waals surface area contributed by atoms with Gasteiger partial charge in [-0.2, -0.15) is 0 Å². The lowest BCUT2D eigenvalue weighted by Gasteiger charge is -2.27. The zero-order valence-electron chi connectivity index (χ0n) is 13.3. The number of carboxylic acids is 1. The third-order valence-corrected chi connectivity index (χ3v) is 3.89. The summed E-state index contributed by atoms with van der Waals surface area (Å²) in [5.41, 5.74) is 1.25. The van der Waals surface area contributed by atoms with Crippen LogP contribution in [0.3, 0.4) is 0 Å². The molecule has 1 N–H and O–H groups in total. The molecule has 2 aromatic rings. The maximum Gasteiger partial charge on any atom is 0.323 e. The third-order valence-electron chi connectivity index (χ3n) is 3.89. The molecule has 1 unspecified atom stereocenters. The van der Waals surface area contributed by atoms with Crippen molar-refractivity contribution in [2.45, 2.75) is 33.2 Å². The summed E-state index contributed by atoms with van der Waals surface area (Å²) in [6, 6.07) is 5.59. The molecule has 0 radical (unpaired) electrons. The van der Waals surface area contributed by atoms with Crippen molar-refractivity contribution < 1.29 is 19.1 Å². The Hall–Kier alpha value is -2.50. The maximum absolute atomic E-state index is 13.3. The number of halogens is 1. The largest absolute Gasteiger partial charge is 0.480 e. The molecule has 1 heterocycles. The number of nitrogens with zero attached hydrogens (tertiary/aromatic N) is 2. The first-order chi connectivity index (χ1) is 10.8. The van der Waals surface area contributed by atoms with Gasteiger partial charge < -0.3 is 10.0 Å². The van der Waals surface area contributed by atoms with E-state index in [0.717, 1.165) is 0 Å². The molecule has 5 nitrogen and oxygen atoms in total. The molecule has 0 spiro atoms. The minimum absolute atomic E-state index is 0.207. The first kappa shape index (κ1) is 16.9. The Kier molecular flexibility index (Phi) is 4.93. The van der Waals surface area contributed by atoms with Gasteiger partial charge in [0.2, 0.25) is 0 Å². The second-order valence-corrected chi connectivity index (χ2v) is 5.54. The van der Waals surface area contributed by atoms with Crippen LogP contribution in [0.5, 0.6) is 0 Å². The van der Waals surface area contributed by atoms with E-state index in [2.05, 4.69) is 4.98 Å². The van der Waals surface area contributed by atoms with Crippen molar-refractivity contribution in [1.29, 1.82) is 0 Å². The van der Waals surface area contributed by atoms with Gasteiger partial charge in [0.25, 0.3) is 5.91 Å². The number of aromatic nitrogens is 1. The molecule has 0 aliphatic rings. The lowest BCUT2D eigenvalue weighted by molar-refractivity contribution is -0.138. The number of carboxylic acid groups (broad SMARTS) is 1. The fourth-order valence-corrected chi connectivity index (χ4v) is 2.40. The van der Waals surface area contributed by atoms with Gasteiger partial charge in [-0.1, -0.05) is 6.92 Å². The van der Waals surface area contributed by atoms with Crippen molar-refractivity contribution in [3.63, 3.8) is 0 Å². The van der Waals surface area contributed by atoms with Gasteiger partial charge in [-0.25, -0.2) is 4.39 Å². The molecule has 0 fully saturated rings. The van der Waals surface area contributed by atoms with Gasteiger partial charge in [0.15, 0.2) is 0 Å². The number of aliphatic carboxylic acids is 1. The number of pyridine rings is 1. The number of benzene rings is 1. The number of rotatable bonds is 5. The summed E-state index contributed by atoms with van der Waals surface area (Å²) in [4.78, 5) is 29.4. The number of carbonyl (C=O) groups excluding carboxylic acids is 1. The molecule has 0 saturated heterocycles. The van der Waals surface area contributed by atoms with E-state index >= 15 is 0 Å². The molecule has 0 bridgehead atoms. The van der Waals surface area contributed by atoms with Crippen LogP contribution in [0.15, 0.2) is 24.3 Å². The van der Waals surface area contributed by atoms with Gasteiger partial charge in [-0.3, -0.25) is 14.6 Å². The lowest BCUT2D eigenvalue weighted by Crippen LogP contribution is -2.42. The van der Waals surface area contributed by atoms with E-state index in [1.54, 1.807) is 26.0 Å². The Bertz CT molecular complexity index is 761. The average Bonchev–Trinajstić information content (AvgIpc) is 2.50. The summed E-state index contributed by atoms with van der Waals surface area (Å²) in [6.07, 6.45) is 0.643. The quantitative estimate of drug-likeness (QED) is 0.920. The van der Waals surface area contributed by atoms with Gasteiger partial charge >= 0.3 is 5.97 Å². The number of aryl methyl sites for hydroxylation is 1. The molecule has 0 aliphatic carbocycles. The summed E-state index contributed by atoms with van der Waals surface area (Å²) in [5.74, 6) is -1.83. The van der Waals surface area contributed by atoms with Crippen molar-refractivity contribution in [3.05, 3.63) is 41.3 Å². The number of carbonyl (C=O) groups is 2. The fourth-order valence-electron chi connectivity index (χ4n) is 2.40. The number of amides is 1. The van der Waals surface area contributed by atoms with E-state index in [1.165, 1.54) is 17.0 Å². The van der Waals surface area contributed by atoms with E-state index < -0.39 is 11.8 Å². The Morgan fingerprint density at radius 3 is 2.65 bits per heavy atom. The van der Waals surface area contributed by atoms with E-state index in [-0.39, 0.29) is 18.5 Å². The minimum atomic E-state index is -1.06. The van der Waals surface area contributed by atoms with Crippen LogP contribution in [0.4, 0.5) is 4.39 Å². The molecule has 1 amide bonds. The molecule has 1 aromatic carbocycles. The first-order valence-electron chi connectivity index (χ1n) is 7.43. The van der Waals surface area contributed by atoms with Crippen molar-refractivity contribution in [2.24, 2.45) is 0 Å². The summed E-state index contributed by atoms with van der Waals surface area (Å²) >= 11 is 0. The van der Waals surface area contributed by atoms with Gasteiger partial charge in [-0.15, -0.1) is 0 Å². The molecular weight excluding hydrogens is 299 g/mol. The van der Waals surface area contributed by atoms with Gasteiger partial charge in [-0.05, 0) is 38.5 Å². The monoisotopic (exact) mass is 318 g/mol. The number of hydrogen-bond donors (Lipinski definition) is 1. The third kappa shape index (κ3) is 3.64. The topological polar surface area (TPSA) is 70.5 Å². The van der Waals surface area contributed by atoms with Crippen LogP contribution < -0.4 is 0 Å². The van der Waals surface area contributed by atoms with Crippen LogP contribution in [0.2, 0.25) is 0 Å². The van der Waals surface area contributed by atoms with Crippen LogP contribution in [0, 0.1) is 12.7 Å². The number of fused-ring (bicyclic) bond motifs is 1. The van der Waals surface area contributed by atoms with Crippen molar-refractivity contribution in [1.82, 2.24) is 9.88 Å². The van der Waals surface area contributed by atoms with Crippen LogP contribution in [0.1, 0.15) is 36.3 Å². The molecule has 1 atom stereocenters. The minimum Gasteiger partial charge on any atom is -0.480 e. The highest BCUT2D eigenvalue weighted by Crippen LogP contribution is 2.20. The Morgan fingerprint density at radius 2 is 2.04 bits per heavy atom. The summed E-state index contributed by atoms with van der Waals surface area (Å²) in [5, 5.41) is 9.68. The van der Waals surface area contributed by atoms with Crippen molar-refractivity contribution >= 4 is 22.8 Å². The van der Waals surface area contributed by atoms with Crippen LogP contribution in [0.25, 0.3) is 10.9 Å². The molecule has 0 saturated carbocycles. The highest BCUT2D eigenvalue weighted by Gasteiger charge is 2.24. The SMILES string of the molecule is CCC(C)N(CC(=O)O)C(=O)c1cc2ccc(F)cc2nc1C. The van der Waals surface area contributed by atoms with Gasteiger partial charge in [0.1, 0.15) is 12.4 Å². The van der Waals surface area contributed by atoms with Gasteiger partial charge in [0.05, 0.1) is 16.8 Å². The molecular formula is C17H19FN2O3. The zero-order chi connectivity index (χ0) is 17.1. The van der Waals surface area contributed by atoms with Crippen LogP contribution in [-0.2, 0) is 4.79 Å². The van der Waals surface area contributed by atoms with Crippen molar-refractivity contribution in [2.75, 3.05) is 6.54 Å². The molecule has 0 aliphatic heterocycles. The normalized spacial score (nSPS) is 12.2. The summed E-state index contributed by atoms with van der Waals surface area (Å²) in [6.45, 7) is 4.99. The maximum atomic E-state index is 13.3. The Balaban J connectivity index is 2.47. The highest BCUT2D eigenvalue weighted by molar-refractivity contribution is 5.99. The molecule has 1 aromatic heterocycles. The lowest BCUT2D eigenvalue weighted by atomic mass is 10.1. The Labute approximate surface area is 133 Å². The molecule has 2 rings (SSSR count). The standard InChI is InChI=1S/C17H19FN2O3/c1-4-10(2)20(9-16(21)22)17(23)14-7-12-5-6-13(18)8-15(12)19-11(14)3/h5-8,10H,4,9H2,1-3H3,(H,21,22). The second kappa shape index (κ2) is 6.73. The average molecular weight is 318 g/mol. The van der Waals surface area contributed by atoms with Crippen LogP contribution >= 0.6 is 0 Å². The van der Waals surface area contributed by atoms with Gasteiger partial charge in [0, 0.05) is 17.5 Å². The summed E-state index contributed by atoms with van der Waals surface area (Å²) in [7, 11) is 0. The predicted octanol–water partition coefficient (Wildman–Crippen LogP) is 3.01. The molecule has 6 heteroatoms. The Morgan fingerprint density at radius 1 is 1.35 bits per heavy atom. The first-order valence-corrected chi connectivity index (χ1v) is 7.43. The van der Waals surface area contributed by atoms with E-state index in [0.29, 0.717) is 28.6 Å². The number of hydrogen-bond acceptors (Lipinski definition) is 3. The second-order valence-electron chi connectivity index (χ2n) is 5.54. The smallest absolute Gasteiger partial charge is 0.323 e. The summed E-state index contributed by atoms with van der Waals surface area (Å²) < 4.78 is 13.3. The zero-order valence-corrected chi connectivity index (χ0v) is 13.3. The molecule has 23 heavy (non-hydrogen) atoms. The van der Waals surface area contributed by atoms with E-state index in [9.17, 15) is 14.0 Å².